The SMILES string of the molecule is O=C(O)CCCNC(=O)N[C@@H](CCC(=O)CCCCCCCCC(=O)N[C@@H](Cc1ccc(O)cc1)C(=O)O)C(=O)O. The zero-order valence-corrected chi connectivity index (χ0v) is 23.1. The Morgan fingerprint density at radius 2 is 1.24 bits per heavy atom. The normalized spacial score (nSPS) is 12.1. The molecule has 0 aliphatic rings. The number of benzene rings is 1. The summed E-state index contributed by atoms with van der Waals surface area (Å²) in [6, 6.07) is 3.10. The zero-order valence-electron chi connectivity index (χ0n) is 23.1. The number of carboxylic acids is 3. The predicted octanol–water partition coefficient (Wildman–Crippen LogP) is 2.59. The summed E-state index contributed by atoms with van der Waals surface area (Å²) in [6.07, 6.45) is 5.21. The van der Waals surface area contributed by atoms with Gasteiger partial charge in [0.15, 0.2) is 0 Å². The monoisotopic (exact) mass is 579 g/mol. The lowest BCUT2D eigenvalue weighted by Crippen LogP contribution is -2.46. The number of carbonyl (C=O) groups is 6. The molecule has 2 atom stereocenters. The van der Waals surface area contributed by atoms with Gasteiger partial charge in [0.2, 0.25) is 5.91 Å². The molecule has 1 rings (SSSR count). The largest absolute Gasteiger partial charge is 0.508 e. The van der Waals surface area contributed by atoms with Crippen LogP contribution in [-0.4, -0.2) is 74.7 Å². The summed E-state index contributed by atoms with van der Waals surface area (Å²) < 4.78 is 0. The lowest BCUT2D eigenvalue weighted by atomic mass is 10.0. The van der Waals surface area contributed by atoms with E-state index in [2.05, 4.69) is 16.0 Å². The first-order valence-corrected chi connectivity index (χ1v) is 13.8. The van der Waals surface area contributed by atoms with Crippen LogP contribution < -0.4 is 16.0 Å². The predicted molar refractivity (Wildman–Crippen MR) is 147 cm³/mol. The molecule has 0 fully saturated rings. The summed E-state index contributed by atoms with van der Waals surface area (Å²) >= 11 is 0. The topological polar surface area (TPSA) is 219 Å². The molecular weight excluding hydrogens is 538 g/mol. The number of carboxylic acid groups (broad SMARTS) is 3. The van der Waals surface area contributed by atoms with Gasteiger partial charge in [-0.15, -0.1) is 0 Å². The Bertz CT molecular complexity index is 1010. The molecule has 0 bridgehead atoms. The molecule has 228 valence electrons. The first-order valence-electron chi connectivity index (χ1n) is 13.8. The Balaban J connectivity index is 2.15. The van der Waals surface area contributed by atoms with Gasteiger partial charge in [-0.25, -0.2) is 14.4 Å². The van der Waals surface area contributed by atoms with Crippen molar-refractivity contribution in [1.29, 1.82) is 0 Å². The standard InChI is InChI=1S/C28H41N3O10/c32-20(15-16-22(26(37)38)31-28(41)29-17-7-10-25(35)36)8-5-3-1-2-4-6-9-24(34)30-23(27(39)40)18-19-11-13-21(33)14-12-19/h11-14,22-23,33H,1-10,15-18H2,(H,30,34)(H,35,36)(H,37,38)(H,39,40)(H2,29,31,41)/t22-,23-/m0/s1. The fraction of sp³-hybridized carbons (Fsp3) is 0.571. The molecule has 0 aromatic heterocycles. The number of unbranched alkanes of at least 4 members (excludes halogenated alkanes) is 5. The Kier molecular flexibility index (Phi) is 16.9. The van der Waals surface area contributed by atoms with Crippen LogP contribution in [0.3, 0.4) is 0 Å². The minimum absolute atomic E-state index is 0.00938. The summed E-state index contributed by atoms with van der Waals surface area (Å²) in [7, 11) is 0. The average Bonchev–Trinajstić information content (AvgIpc) is 2.91. The molecule has 1 aromatic carbocycles. The van der Waals surface area contributed by atoms with Crippen molar-refractivity contribution < 1.29 is 49.2 Å². The number of phenolic OH excluding ortho intramolecular Hbond substituents is 1. The fourth-order valence-electron chi connectivity index (χ4n) is 3.99. The van der Waals surface area contributed by atoms with Gasteiger partial charge in [-0.2, -0.15) is 0 Å². The van der Waals surface area contributed by atoms with Gasteiger partial charge in [-0.05, 0) is 43.4 Å². The molecule has 0 heterocycles. The number of ketones is 1. The van der Waals surface area contributed by atoms with E-state index in [0.717, 1.165) is 25.7 Å². The van der Waals surface area contributed by atoms with Crippen LogP contribution in [-0.2, 0) is 30.4 Å². The first kappa shape index (κ1) is 34.9. The van der Waals surface area contributed by atoms with Gasteiger partial charge in [0, 0.05) is 38.6 Å². The van der Waals surface area contributed by atoms with Crippen molar-refractivity contribution in [1.82, 2.24) is 16.0 Å². The van der Waals surface area contributed by atoms with Crippen LogP contribution in [0.1, 0.15) is 82.6 Å². The Morgan fingerprint density at radius 1 is 0.659 bits per heavy atom. The lowest BCUT2D eigenvalue weighted by molar-refractivity contribution is -0.142. The van der Waals surface area contributed by atoms with Crippen molar-refractivity contribution in [2.75, 3.05) is 6.54 Å². The Morgan fingerprint density at radius 3 is 1.83 bits per heavy atom. The van der Waals surface area contributed by atoms with Crippen LogP contribution in [0.25, 0.3) is 0 Å². The third kappa shape index (κ3) is 17.2. The maximum absolute atomic E-state index is 12.2. The summed E-state index contributed by atoms with van der Waals surface area (Å²) in [5, 5.41) is 43.8. The van der Waals surface area contributed by atoms with E-state index in [1.54, 1.807) is 12.1 Å². The first-order chi connectivity index (χ1) is 19.5. The molecular formula is C28H41N3O10. The molecule has 0 unspecified atom stereocenters. The molecule has 0 aliphatic heterocycles. The minimum atomic E-state index is -1.26. The number of amides is 3. The van der Waals surface area contributed by atoms with E-state index >= 15 is 0 Å². The van der Waals surface area contributed by atoms with Crippen molar-refractivity contribution in [3.63, 3.8) is 0 Å². The third-order valence-corrected chi connectivity index (χ3v) is 6.29. The second-order valence-electron chi connectivity index (χ2n) is 9.82. The van der Waals surface area contributed by atoms with Crippen molar-refractivity contribution >= 4 is 35.6 Å². The number of rotatable bonds is 22. The quantitative estimate of drug-likeness (QED) is 0.0995. The summed E-state index contributed by atoms with van der Waals surface area (Å²) in [6.45, 7) is 0.0872. The van der Waals surface area contributed by atoms with E-state index in [9.17, 15) is 44.1 Å². The molecule has 0 saturated carbocycles. The van der Waals surface area contributed by atoms with Gasteiger partial charge < -0.3 is 36.4 Å². The second-order valence-corrected chi connectivity index (χ2v) is 9.82. The summed E-state index contributed by atoms with van der Waals surface area (Å²) in [5.74, 6) is -3.76. The highest BCUT2D eigenvalue weighted by atomic mass is 16.4. The van der Waals surface area contributed by atoms with E-state index in [1.165, 1.54) is 12.1 Å². The van der Waals surface area contributed by atoms with Gasteiger partial charge in [0.05, 0.1) is 0 Å². The average molecular weight is 580 g/mol. The maximum Gasteiger partial charge on any atom is 0.326 e. The number of aliphatic carboxylic acids is 3. The van der Waals surface area contributed by atoms with E-state index in [0.29, 0.717) is 24.8 Å². The molecule has 0 aliphatic carbocycles. The highest BCUT2D eigenvalue weighted by Crippen LogP contribution is 2.13. The maximum atomic E-state index is 12.2. The summed E-state index contributed by atoms with van der Waals surface area (Å²) in [5.41, 5.74) is 0.682. The number of Topliss-reactive ketones (excluding diaryl/α,β-unsaturated/α-hetero) is 1. The molecule has 1 aromatic rings. The number of carbonyl (C=O) groups excluding carboxylic acids is 3. The number of hydrogen-bond donors (Lipinski definition) is 7. The van der Waals surface area contributed by atoms with Crippen LogP contribution in [0.2, 0.25) is 0 Å². The number of nitrogens with one attached hydrogen (secondary N) is 3. The molecule has 0 spiro atoms. The molecule has 3 amide bonds. The third-order valence-electron chi connectivity index (χ3n) is 6.29. The van der Waals surface area contributed by atoms with Crippen molar-refractivity contribution in [3.05, 3.63) is 29.8 Å². The van der Waals surface area contributed by atoms with Gasteiger partial charge in [0.25, 0.3) is 0 Å². The minimum Gasteiger partial charge on any atom is -0.508 e. The Hall–Kier alpha value is -4.16. The molecule has 13 heteroatoms. The van der Waals surface area contributed by atoms with Crippen molar-refractivity contribution in [2.24, 2.45) is 0 Å². The van der Waals surface area contributed by atoms with Crippen LogP contribution >= 0.6 is 0 Å². The van der Waals surface area contributed by atoms with Crippen LogP contribution in [0.5, 0.6) is 5.75 Å². The van der Waals surface area contributed by atoms with E-state index in [4.69, 9.17) is 5.11 Å². The van der Waals surface area contributed by atoms with E-state index in [1.807, 2.05) is 0 Å². The molecule has 7 N–H and O–H groups in total. The van der Waals surface area contributed by atoms with Gasteiger partial charge in [-0.1, -0.05) is 37.8 Å². The fourth-order valence-corrected chi connectivity index (χ4v) is 3.99. The number of aromatic hydroxyl groups is 1. The second kappa shape index (κ2) is 19.8. The van der Waals surface area contributed by atoms with Gasteiger partial charge in [-0.3, -0.25) is 14.4 Å². The molecule has 13 nitrogen and oxygen atoms in total. The van der Waals surface area contributed by atoms with E-state index in [-0.39, 0.29) is 62.5 Å². The molecule has 41 heavy (non-hydrogen) atoms. The molecule has 0 saturated heterocycles. The lowest BCUT2D eigenvalue weighted by Gasteiger charge is -2.15. The smallest absolute Gasteiger partial charge is 0.326 e. The Labute approximate surface area is 238 Å². The van der Waals surface area contributed by atoms with Crippen molar-refractivity contribution in [2.45, 2.75) is 95.6 Å². The summed E-state index contributed by atoms with van der Waals surface area (Å²) in [4.78, 5) is 69.4. The van der Waals surface area contributed by atoms with Gasteiger partial charge in [0.1, 0.15) is 23.6 Å². The van der Waals surface area contributed by atoms with E-state index < -0.39 is 36.0 Å². The zero-order chi connectivity index (χ0) is 30.6. The highest BCUT2D eigenvalue weighted by Gasteiger charge is 2.21. The van der Waals surface area contributed by atoms with Crippen LogP contribution in [0, 0.1) is 0 Å². The highest BCUT2D eigenvalue weighted by molar-refractivity contribution is 5.84. The number of phenols is 1. The van der Waals surface area contributed by atoms with Crippen LogP contribution in [0.15, 0.2) is 24.3 Å². The van der Waals surface area contributed by atoms with Crippen molar-refractivity contribution in [3.8, 4) is 5.75 Å². The molecule has 0 radical (unpaired) electrons. The van der Waals surface area contributed by atoms with Crippen LogP contribution in [0.4, 0.5) is 4.79 Å². The number of urea groups is 1. The van der Waals surface area contributed by atoms with Gasteiger partial charge >= 0.3 is 23.9 Å². The number of hydrogen-bond acceptors (Lipinski definition) is 7.